The number of hydrogen-bond acceptors (Lipinski definition) is 8. The molecule has 1 aliphatic heterocycles. The fourth-order valence-electron chi connectivity index (χ4n) is 3.73. The highest BCUT2D eigenvalue weighted by Crippen LogP contribution is 2.19. The zero-order valence-electron chi connectivity index (χ0n) is 21.4. The van der Waals surface area contributed by atoms with Crippen molar-refractivity contribution in [2.24, 2.45) is 11.8 Å². The summed E-state index contributed by atoms with van der Waals surface area (Å²) < 4.78 is 10.9. The van der Waals surface area contributed by atoms with E-state index >= 15 is 0 Å². The number of aromatic nitrogens is 1. The van der Waals surface area contributed by atoms with Gasteiger partial charge in [-0.3, -0.25) is 9.59 Å². The average Bonchev–Trinajstić information content (AvgIpc) is 3.25. The Morgan fingerprint density at radius 2 is 1.86 bits per heavy atom. The Labute approximate surface area is 211 Å². The van der Waals surface area contributed by atoms with Gasteiger partial charge in [0.15, 0.2) is 11.6 Å². The number of carbonyl (C=O) groups is 3. The Balaban J connectivity index is 2.24. The van der Waals surface area contributed by atoms with E-state index in [9.17, 15) is 24.6 Å². The standard InChI is InChI=1S/C26H37N3O7/c1-15(2)24-17(4)8-9-22(32)27-10-6-7-16(3)11-19(30)12-20(31)13-23-29-21(14-35-23)25(33)28-18(5)26(34)36-24/h6-9,11,14-15,17-20,24,30-31H,10,12-13H2,1-5H3,(H,27,32)(H,28,33)/b7-6+,9-8-,16-11-/t17-,18-,19-,20-,24-/m1/s1. The van der Waals surface area contributed by atoms with Crippen LogP contribution in [0.4, 0.5) is 0 Å². The lowest BCUT2D eigenvalue weighted by molar-refractivity contribution is -0.155. The lowest BCUT2D eigenvalue weighted by atomic mass is 9.94. The van der Waals surface area contributed by atoms with Crippen LogP contribution in [0.1, 0.15) is 57.4 Å². The summed E-state index contributed by atoms with van der Waals surface area (Å²) in [6, 6.07) is -0.956. The maximum absolute atomic E-state index is 12.7. The van der Waals surface area contributed by atoms with Crippen LogP contribution in [0.3, 0.4) is 0 Å². The summed E-state index contributed by atoms with van der Waals surface area (Å²) in [6.07, 6.45) is 6.98. The Morgan fingerprint density at radius 3 is 2.56 bits per heavy atom. The number of allylic oxidation sites excluding steroid dienone is 2. The SMILES string of the molecule is CC1=C/[C@@H](O)C[C@@H](O)Cc2nc(co2)C(=O)N[C@H](C)C(=O)O[C@H](C(C)C)[C@H](C)/C=C\C(=O)NC\C=C\1. The maximum Gasteiger partial charge on any atom is 0.328 e. The lowest BCUT2D eigenvalue weighted by Gasteiger charge is -2.27. The number of amides is 2. The number of cyclic esters (lactones) is 1. The van der Waals surface area contributed by atoms with Crippen molar-refractivity contribution in [2.45, 2.75) is 71.8 Å². The molecular weight excluding hydrogens is 466 g/mol. The normalized spacial score (nSPS) is 30.9. The van der Waals surface area contributed by atoms with Crippen LogP contribution >= 0.6 is 0 Å². The average molecular weight is 504 g/mol. The van der Waals surface area contributed by atoms with E-state index in [1.54, 1.807) is 31.2 Å². The second kappa shape index (κ2) is 13.7. The van der Waals surface area contributed by atoms with Gasteiger partial charge in [-0.1, -0.05) is 50.6 Å². The molecule has 1 aromatic heterocycles. The topological polar surface area (TPSA) is 151 Å². The van der Waals surface area contributed by atoms with Crippen molar-refractivity contribution in [1.29, 1.82) is 0 Å². The first-order chi connectivity index (χ1) is 17.0. The van der Waals surface area contributed by atoms with Gasteiger partial charge >= 0.3 is 5.97 Å². The minimum atomic E-state index is -0.959. The zero-order chi connectivity index (χ0) is 26.8. The third kappa shape index (κ3) is 9.43. The van der Waals surface area contributed by atoms with Gasteiger partial charge in [0.2, 0.25) is 5.91 Å². The van der Waals surface area contributed by atoms with E-state index in [1.165, 1.54) is 13.0 Å². The van der Waals surface area contributed by atoms with Gasteiger partial charge in [0.05, 0.1) is 18.6 Å². The monoisotopic (exact) mass is 503 g/mol. The van der Waals surface area contributed by atoms with Crippen LogP contribution in [0.5, 0.6) is 0 Å². The molecule has 2 heterocycles. The summed E-state index contributed by atoms with van der Waals surface area (Å²) >= 11 is 0. The summed E-state index contributed by atoms with van der Waals surface area (Å²) in [5.74, 6) is -1.70. The number of rotatable bonds is 1. The van der Waals surface area contributed by atoms with Crippen LogP contribution in [0.2, 0.25) is 0 Å². The van der Waals surface area contributed by atoms with Crippen molar-refractivity contribution in [3.8, 4) is 0 Å². The number of hydrogen-bond donors (Lipinski definition) is 4. The predicted molar refractivity (Wildman–Crippen MR) is 133 cm³/mol. The summed E-state index contributed by atoms with van der Waals surface area (Å²) in [5, 5.41) is 25.8. The van der Waals surface area contributed by atoms with Crippen LogP contribution in [0, 0.1) is 11.8 Å². The van der Waals surface area contributed by atoms with Crippen LogP contribution in [0.25, 0.3) is 0 Å². The quantitative estimate of drug-likeness (QED) is 0.424. The summed E-state index contributed by atoms with van der Waals surface area (Å²) in [5.41, 5.74) is 0.719. The van der Waals surface area contributed by atoms with E-state index in [4.69, 9.17) is 9.15 Å². The molecule has 1 aromatic rings. The molecule has 4 N–H and O–H groups in total. The van der Waals surface area contributed by atoms with Crippen molar-refractivity contribution in [3.05, 3.63) is 53.8 Å². The first-order valence-electron chi connectivity index (χ1n) is 12.1. The molecule has 0 saturated carbocycles. The van der Waals surface area contributed by atoms with E-state index in [1.807, 2.05) is 20.8 Å². The third-order valence-electron chi connectivity index (χ3n) is 5.62. The molecule has 10 nitrogen and oxygen atoms in total. The summed E-state index contributed by atoms with van der Waals surface area (Å²) in [7, 11) is 0. The van der Waals surface area contributed by atoms with Crippen molar-refractivity contribution >= 4 is 17.8 Å². The second-order valence-corrected chi connectivity index (χ2v) is 9.40. The highest BCUT2D eigenvalue weighted by molar-refractivity contribution is 5.94. The van der Waals surface area contributed by atoms with Gasteiger partial charge in [-0.05, 0) is 25.8 Å². The Morgan fingerprint density at radius 1 is 1.14 bits per heavy atom. The molecule has 2 bridgehead atoms. The molecule has 0 aliphatic carbocycles. The summed E-state index contributed by atoms with van der Waals surface area (Å²) in [4.78, 5) is 41.5. The van der Waals surface area contributed by atoms with Gasteiger partial charge in [-0.15, -0.1) is 0 Å². The Bertz CT molecular complexity index is 995. The van der Waals surface area contributed by atoms with Crippen LogP contribution < -0.4 is 10.6 Å². The largest absolute Gasteiger partial charge is 0.460 e. The highest BCUT2D eigenvalue weighted by atomic mass is 16.5. The van der Waals surface area contributed by atoms with Gasteiger partial charge < -0.3 is 30.0 Å². The molecule has 5 atom stereocenters. The van der Waals surface area contributed by atoms with E-state index in [-0.39, 0.29) is 48.7 Å². The van der Waals surface area contributed by atoms with Crippen LogP contribution in [-0.4, -0.2) is 63.9 Å². The molecule has 0 radical (unpaired) electrons. The molecule has 0 fully saturated rings. The van der Waals surface area contributed by atoms with E-state index in [0.717, 1.165) is 11.8 Å². The number of aliphatic hydroxyl groups excluding tert-OH is 2. The zero-order valence-corrected chi connectivity index (χ0v) is 21.4. The number of nitrogens with one attached hydrogen (secondary N) is 2. The van der Waals surface area contributed by atoms with Crippen LogP contribution in [0.15, 0.2) is 46.6 Å². The first kappa shape index (κ1) is 29.0. The lowest BCUT2D eigenvalue weighted by Crippen LogP contribution is -2.42. The maximum atomic E-state index is 12.7. The first-order valence-corrected chi connectivity index (χ1v) is 12.1. The molecule has 0 saturated heterocycles. The fraction of sp³-hybridized carbons (Fsp3) is 0.538. The Hall–Kier alpha value is -3.24. The number of oxazole rings is 1. The number of carbonyl (C=O) groups excluding carboxylic acids is 3. The number of aliphatic hydroxyl groups is 2. The highest BCUT2D eigenvalue weighted by Gasteiger charge is 2.28. The molecule has 2 rings (SSSR count). The van der Waals surface area contributed by atoms with Crippen molar-refractivity contribution in [3.63, 3.8) is 0 Å². The molecule has 36 heavy (non-hydrogen) atoms. The van der Waals surface area contributed by atoms with Gasteiger partial charge in [0, 0.05) is 18.9 Å². The van der Waals surface area contributed by atoms with Crippen molar-refractivity contribution in [2.75, 3.05) is 6.54 Å². The summed E-state index contributed by atoms with van der Waals surface area (Å²) in [6.45, 7) is 9.24. The number of nitrogens with zero attached hydrogens (tertiary/aromatic N) is 1. The molecule has 0 aromatic carbocycles. The number of esters is 1. The van der Waals surface area contributed by atoms with E-state index in [2.05, 4.69) is 15.6 Å². The predicted octanol–water partition coefficient (Wildman–Crippen LogP) is 1.84. The molecular formula is C26H37N3O7. The van der Waals surface area contributed by atoms with Gasteiger partial charge in [-0.2, -0.15) is 0 Å². The van der Waals surface area contributed by atoms with Crippen molar-refractivity contribution < 1.29 is 33.8 Å². The molecule has 0 unspecified atom stereocenters. The second-order valence-electron chi connectivity index (χ2n) is 9.40. The smallest absolute Gasteiger partial charge is 0.328 e. The van der Waals surface area contributed by atoms with Gasteiger partial charge in [-0.25, -0.2) is 9.78 Å². The molecule has 198 valence electrons. The van der Waals surface area contributed by atoms with E-state index < -0.39 is 36.2 Å². The fourth-order valence-corrected chi connectivity index (χ4v) is 3.73. The molecule has 2 amide bonds. The third-order valence-corrected chi connectivity index (χ3v) is 5.62. The van der Waals surface area contributed by atoms with Crippen molar-refractivity contribution in [1.82, 2.24) is 15.6 Å². The van der Waals surface area contributed by atoms with Gasteiger partial charge in [0.1, 0.15) is 18.4 Å². The molecule has 10 heteroatoms. The van der Waals surface area contributed by atoms with Gasteiger partial charge in [0.25, 0.3) is 5.91 Å². The van der Waals surface area contributed by atoms with E-state index in [0.29, 0.717) is 0 Å². The molecule has 0 spiro atoms. The number of ether oxygens (including phenoxy) is 1. The minimum absolute atomic E-state index is 0.00233. The Kier molecular flexibility index (Phi) is 11.1. The number of fused-ring (bicyclic) bond motifs is 2. The minimum Gasteiger partial charge on any atom is -0.460 e. The van der Waals surface area contributed by atoms with Crippen LogP contribution in [-0.2, 0) is 20.7 Å². The molecule has 1 aliphatic rings.